The molecule has 234 valence electrons. The third-order valence-corrected chi connectivity index (χ3v) is 7.64. The molecule has 1 fully saturated rings. The van der Waals surface area contributed by atoms with Crippen LogP contribution in [0.25, 0.3) is 28.4 Å². The summed E-state index contributed by atoms with van der Waals surface area (Å²) >= 11 is 0. The van der Waals surface area contributed by atoms with Crippen molar-refractivity contribution in [3.05, 3.63) is 79.2 Å². The Labute approximate surface area is 262 Å². The van der Waals surface area contributed by atoms with Gasteiger partial charge in [0.15, 0.2) is 0 Å². The first kappa shape index (κ1) is 31.4. The summed E-state index contributed by atoms with van der Waals surface area (Å²) in [5.41, 5.74) is 3.07. The van der Waals surface area contributed by atoms with Gasteiger partial charge in [-0.15, -0.1) is 11.7 Å². The van der Waals surface area contributed by atoms with Crippen LogP contribution >= 0.6 is 0 Å². The zero-order valence-corrected chi connectivity index (χ0v) is 26.0. The van der Waals surface area contributed by atoms with Crippen molar-refractivity contribution in [2.45, 2.75) is 58.2 Å². The van der Waals surface area contributed by atoms with Crippen LogP contribution in [0.4, 0.5) is 6.01 Å². The Bertz CT molecular complexity index is 1710. The van der Waals surface area contributed by atoms with Gasteiger partial charge in [-0.3, -0.25) is 4.79 Å². The Morgan fingerprint density at radius 1 is 1.11 bits per heavy atom. The van der Waals surface area contributed by atoms with Gasteiger partial charge in [-0.1, -0.05) is 74.9 Å². The first-order valence-electron chi connectivity index (χ1n) is 14.9. The van der Waals surface area contributed by atoms with Gasteiger partial charge in [0.05, 0.1) is 24.7 Å². The maximum Gasteiger partial charge on any atom is 0.328 e. The number of para-hydroxylation sites is 2. The van der Waals surface area contributed by atoms with Crippen molar-refractivity contribution >= 4 is 35.0 Å². The van der Waals surface area contributed by atoms with Gasteiger partial charge in [-0.2, -0.15) is 0 Å². The van der Waals surface area contributed by atoms with E-state index >= 15 is 0 Å². The zero-order chi connectivity index (χ0) is 32.1. The van der Waals surface area contributed by atoms with E-state index in [1.807, 2.05) is 69.3 Å². The number of esters is 1. The fourth-order valence-electron chi connectivity index (χ4n) is 5.29. The number of nitrogens with zero attached hydrogens (tertiary/aromatic N) is 5. The molecule has 1 N–H and O–H groups in total. The van der Waals surface area contributed by atoms with Crippen molar-refractivity contribution in [3.63, 3.8) is 0 Å². The molecule has 11 heteroatoms. The maximum absolute atomic E-state index is 14.2. The summed E-state index contributed by atoms with van der Waals surface area (Å²) in [5.74, 6) is -0.111. The SMILES string of the molecule is C=CCCc1nnc(N[C@H](C(=O)N2C[C@H](Oc3nc4ccccc4nc3-c3cccc(C=C)c3)C[C@H]2C(=O)OC)C(C)(C)C)o1. The van der Waals surface area contributed by atoms with Gasteiger partial charge < -0.3 is 24.1 Å². The highest BCUT2D eigenvalue weighted by atomic mass is 16.5. The molecular weight excluding hydrogens is 572 g/mol. The second-order valence-electron chi connectivity index (χ2n) is 12.0. The smallest absolute Gasteiger partial charge is 0.328 e. The highest BCUT2D eigenvalue weighted by Gasteiger charge is 2.46. The molecule has 0 saturated carbocycles. The van der Waals surface area contributed by atoms with Crippen LogP contribution in [-0.4, -0.2) is 68.8 Å². The van der Waals surface area contributed by atoms with Crippen LogP contribution in [0.2, 0.25) is 0 Å². The van der Waals surface area contributed by atoms with Gasteiger partial charge >= 0.3 is 12.0 Å². The predicted molar refractivity (Wildman–Crippen MR) is 171 cm³/mol. The fraction of sp³-hybridized carbons (Fsp3) is 0.353. The van der Waals surface area contributed by atoms with E-state index in [0.29, 0.717) is 41.3 Å². The Balaban J connectivity index is 1.45. The summed E-state index contributed by atoms with van der Waals surface area (Å²) in [6.45, 7) is 13.5. The molecule has 4 aromatic rings. The Hall–Kier alpha value is -5.06. The molecule has 1 amide bonds. The number of benzene rings is 2. The molecule has 1 aliphatic heterocycles. The molecule has 0 bridgehead atoms. The monoisotopic (exact) mass is 610 g/mol. The van der Waals surface area contributed by atoms with E-state index in [9.17, 15) is 9.59 Å². The largest absolute Gasteiger partial charge is 0.471 e. The number of hydrogen-bond acceptors (Lipinski definition) is 10. The molecule has 45 heavy (non-hydrogen) atoms. The summed E-state index contributed by atoms with van der Waals surface area (Å²) in [4.78, 5) is 38.4. The number of ether oxygens (including phenoxy) is 2. The molecule has 5 rings (SSSR count). The van der Waals surface area contributed by atoms with E-state index in [1.165, 1.54) is 12.0 Å². The zero-order valence-electron chi connectivity index (χ0n) is 26.0. The third-order valence-electron chi connectivity index (χ3n) is 7.64. The first-order chi connectivity index (χ1) is 21.6. The summed E-state index contributed by atoms with van der Waals surface area (Å²) in [6, 6.07) is 13.8. The lowest BCUT2D eigenvalue weighted by atomic mass is 9.85. The topological polar surface area (TPSA) is 133 Å². The predicted octanol–water partition coefficient (Wildman–Crippen LogP) is 5.49. The van der Waals surface area contributed by atoms with Gasteiger partial charge in [0.2, 0.25) is 17.7 Å². The number of aryl methyl sites for hydroxylation is 1. The molecule has 0 aliphatic carbocycles. The molecule has 0 radical (unpaired) electrons. The molecule has 0 unspecified atom stereocenters. The molecule has 3 atom stereocenters. The van der Waals surface area contributed by atoms with Crippen molar-refractivity contribution in [3.8, 4) is 17.1 Å². The minimum absolute atomic E-state index is 0.127. The van der Waals surface area contributed by atoms with Gasteiger partial charge in [0.1, 0.15) is 23.9 Å². The van der Waals surface area contributed by atoms with Gasteiger partial charge in [-0.05, 0) is 35.6 Å². The van der Waals surface area contributed by atoms with E-state index in [0.717, 1.165) is 11.1 Å². The van der Waals surface area contributed by atoms with Crippen LogP contribution in [0.15, 0.2) is 72.2 Å². The lowest BCUT2D eigenvalue weighted by Crippen LogP contribution is -2.53. The normalized spacial score (nSPS) is 17.1. The van der Waals surface area contributed by atoms with E-state index in [4.69, 9.17) is 23.9 Å². The lowest BCUT2D eigenvalue weighted by molar-refractivity contribution is -0.151. The minimum atomic E-state index is -0.869. The third kappa shape index (κ3) is 7.03. The minimum Gasteiger partial charge on any atom is -0.471 e. The van der Waals surface area contributed by atoms with Crippen molar-refractivity contribution in [2.75, 3.05) is 19.0 Å². The number of nitrogens with one attached hydrogen (secondary N) is 1. The number of allylic oxidation sites excluding steroid dienone is 1. The molecule has 1 aliphatic rings. The van der Waals surface area contributed by atoms with E-state index in [2.05, 4.69) is 28.7 Å². The van der Waals surface area contributed by atoms with E-state index in [-0.39, 0.29) is 24.9 Å². The van der Waals surface area contributed by atoms with Gasteiger partial charge in [0.25, 0.3) is 0 Å². The number of carbonyl (C=O) groups is 2. The molecule has 1 saturated heterocycles. The van der Waals surface area contributed by atoms with Crippen molar-refractivity contribution in [2.24, 2.45) is 5.41 Å². The number of methoxy groups -OCH3 is 1. The lowest BCUT2D eigenvalue weighted by Gasteiger charge is -2.34. The number of hydrogen-bond donors (Lipinski definition) is 1. The first-order valence-corrected chi connectivity index (χ1v) is 14.9. The highest BCUT2D eigenvalue weighted by Crippen LogP contribution is 2.34. The number of anilines is 1. The fourth-order valence-corrected chi connectivity index (χ4v) is 5.29. The molecule has 2 aromatic carbocycles. The average Bonchev–Trinajstić information content (AvgIpc) is 3.68. The van der Waals surface area contributed by atoms with E-state index < -0.39 is 29.6 Å². The number of fused-ring (bicyclic) bond motifs is 1. The van der Waals surface area contributed by atoms with Crippen molar-refractivity contribution in [1.29, 1.82) is 0 Å². The summed E-state index contributed by atoms with van der Waals surface area (Å²) in [6.07, 6.45) is 4.40. The van der Waals surface area contributed by atoms with Crippen LogP contribution in [0.1, 0.15) is 45.1 Å². The van der Waals surface area contributed by atoms with Crippen LogP contribution in [-0.2, 0) is 20.7 Å². The van der Waals surface area contributed by atoms with Crippen LogP contribution < -0.4 is 10.1 Å². The summed E-state index contributed by atoms with van der Waals surface area (Å²) < 4.78 is 17.4. The number of rotatable bonds is 11. The molecule has 0 spiro atoms. The number of carbonyl (C=O) groups excluding carboxylic acids is 2. The van der Waals surface area contributed by atoms with Gasteiger partial charge in [-0.25, -0.2) is 14.8 Å². The second kappa shape index (κ2) is 13.3. The van der Waals surface area contributed by atoms with Gasteiger partial charge in [0, 0.05) is 18.4 Å². The summed E-state index contributed by atoms with van der Waals surface area (Å²) in [7, 11) is 1.31. The Morgan fingerprint density at radius 3 is 2.56 bits per heavy atom. The number of amides is 1. The van der Waals surface area contributed by atoms with E-state index in [1.54, 1.807) is 12.2 Å². The van der Waals surface area contributed by atoms with Crippen molar-refractivity contribution in [1.82, 2.24) is 25.1 Å². The Kier molecular flexibility index (Phi) is 9.26. The van der Waals surface area contributed by atoms with Crippen LogP contribution in [0.5, 0.6) is 5.88 Å². The number of likely N-dealkylation sites (tertiary alicyclic amines) is 1. The molecular formula is C34H38N6O5. The number of aromatic nitrogens is 4. The summed E-state index contributed by atoms with van der Waals surface area (Å²) in [5, 5.41) is 11.3. The van der Waals surface area contributed by atoms with Crippen LogP contribution in [0, 0.1) is 5.41 Å². The molecule has 2 aromatic heterocycles. The molecule has 11 nitrogen and oxygen atoms in total. The standard InChI is InChI=1S/C34H38N6O5/c1-7-9-17-27-38-39-33(45-27)37-29(34(3,4)5)31(41)40-20-23(19-26(40)32(42)43-6)44-30-28(22-14-12-13-21(8-2)18-22)35-24-15-10-11-16-25(24)36-30/h7-8,10-16,18,23,26,29H,1-2,9,17,19-20H2,3-6H3,(H,37,39)/t23-,26+,29-/m1/s1. The average molecular weight is 611 g/mol. The van der Waals surface area contributed by atoms with Crippen LogP contribution in [0.3, 0.4) is 0 Å². The second-order valence-corrected chi connectivity index (χ2v) is 12.0. The van der Waals surface area contributed by atoms with Crippen molar-refractivity contribution < 1.29 is 23.5 Å². The maximum atomic E-state index is 14.2. The quantitative estimate of drug-likeness (QED) is 0.172. The molecule has 3 heterocycles. The Morgan fingerprint density at radius 2 is 1.87 bits per heavy atom. The highest BCUT2D eigenvalue weighted by molar-refractivity contribution is 5.90.